The molecule has 1 heterocycles. The second-order valence-electron chi connectivity index (χ2n) is 4.37. The number of carbonyl (C=O) groups excluding carboxylic acids is 2. The minimum Gasteiger partial charge on any atom is -0.490 e. The van der Waals surface area contributed by atoms with Gasteiger partial charge < -0.3 is 13.9 Å². The Labute approximate surface area is 139 Å². The molecule has 0 spiro atoms. The number of halogens is 1. The highest BCUT2D eigenvalue weighted by Crippen LogP contribution is 2.28. The van der Waals surface area contributed by atoms with E-state index in [2.05, 4.69) is 20.7 Å². The molecule has 2 aromatic rings. The Hall–Kier alpha value is -2.35. The van der Waals surface area contributed by atoms with E-state index < -0.39 is 17.4 Å². The molecular weight excluding hydrogens is 370 g/mol. The summed E-state index contributed by atoms with van der Waals surface area (Å²) in [5, 5.41) is 2.12. The molecule has 0 aliphatic carbocycles. The second-order valence-corrected chi connectivity index (χ2v) is 5.28. The van der Waals surface area contributed by atoms with Crippen LogP contribution in [0.3, 0.4) is 0 Å². The van der Waals surface area contributed by atoms with Crippen molar-refractivity contribution in [3.63, 3.8) is 0 Å². The second kappa shape index (κ2) is 7.28. The van der Waals surface area contributed by atoms with Gasteiger partial charge in [0.15, 0.2) is 11.3 Å². The summed E-state index contributed by atoms with van der Waals surface area (Å²) in [6.45, 7) is 3.89. The van der Waals surface area contributed by atoms with Gasteiger partial charge in [-0.05, 0) is 26.0 Å². The largest absolute Gasteiger partial charge is 0.490 e. The van der Waals surface area contributed by atoms with Crippen LogP contribution in [0, 0.1) is 0 Å². The van der Waals surface area contributed by atoms with Crippen LogP contribution in [0.2, 0.25) is 0 Å². The fourth-order valence-electron chi connectivity index (χ4n) is 1.92. The Balaban J connectivity index is 2.48. The van der Waals surface area contributed by atoms with Crippen molar-refractivity contribution in [1.82, 2.24) is 5.32 Å². The minimum atomic E-state index is -0.929. The molecule has 122 valence electrons. The summed E-state index contributed by atoms with van der Waals surface area (Å²) in [5.41, 5.74) is -0.644. The molecule has 0 atom stereocenters. The highest BCUT2D eigenvalue weighted by Gasteiger charge is 2.19. The first-order chi connectivity index (χ1) is 11.0. The molecule has 0 aliphatic heterocycles. The number of hydrogen-bond donors (Lipinski definition) is 1. The van der Waals surface area contributed by atoms with Gasteiger partial charge in [-0.1, -0.05) is 15.9 Å². The average molecular weight is 384 g/mol. The van der Waals surface area contributed by atoms with Crippen molar-refractivity contribution < 1.29 is 23.5 Å². The van der Waals surface area contributed by atoms with Crippen molar-refractivity contribution in [2.45, 2.75) is 13.8 Å². The Kier molecular flexibility index (Phi) is 5.38. The molecule has 2 amide bonds. The Morgan fingerprint density at radius 2 is 2.00 bits per heavy atom. The summed E-state index contributed by atoms with van der Waals surface area (Å²) in [5.74, 6) is -0.511. The van der Waals surface area contributed by atoms with Crippen LogP contribution < -0.4 is 15.5 Å². The molecule has 0 saturated heterocycles. The van der Waals surface area contributed by atoms with E-state index in [0.29, 0.717) is 16.8 Å². The molecule has 8 heteroatoms. The molecule has 0 bridgehead atoms. The van der Waals surface area contributed by atoms with Crippen LogP contribution in [-0.2, 0) is 4.74 Å². The predicted octanol–water partition coefficient (Wildman–Crippen LogP) is 2.84. The lowest BCUT2D eigenvalue weighted by Gasteiger charge is -2.08. The van der Waals surface area contributed by atoms with Crippen molar-refractivity contribution in [2.75, 3.05) is 13.2 Å². The molecule has 0 saturated carbocycles. The van der Waals surface area contributed by atoms with Crippen LogP contribution >= 0.6 is 15.9 Å². The van der Waals surface area contributed by atoms with E-state index in [9.17, 15) is 14.4 Å². The van der Waals surface area contributed by atoms with Gasteiger partial charge in [0.05, 0.1) is 18.6 Å². The molecule has 23 heavy (non-hydrogen) atoms. The third-order valence-electron chi connectivity index (χ3n) is 2.84. The van der Waals surface area contributed by atoms with E-state index in [1.54, 1.807) is 19.9 Å². The van der Waals surface area contributed by atoms with Crippen molar-refractivity contribution in [3.8, 4) is 5.75 Å². The Morgan fingerprint density at radius 1 is 1.26 bits per heavy atom. The first-order valence-corrected chi connectivity index (χ1v) is 7.63. The standard InChI is InChI=1S/C15H14BrNO6/c1-3-21-11-6-8(16)5-9-12(18)10(7-23-13(9)11)14(19)17-15(20)22-4-2/h5-7H,3-4H2,1-2H3,(H,17,19,20). The first-order valence-electron chi connectivity index (χ1n) is 6.83. The van der Waals surface area contributed by atoms with Crippen LogP contribution in [0.4, 0.5) is 4.79 Å². The fraction of sp³-hybridized carbons (Fsp3) is 0.267. The predicted molar refractivity (Wildman–Crippen MR) is 85.8 cm³/mol. The van der Waals surface area contributed by atoms with Gasteiger partial charge >= 0.3 is 6.09 Å². The smallest absolute Gasteiger partial charge is 0.414 e. The van der Waals surface area contributed by atoms with E-state index >= 15 is 0 Å². The molecule has 1 N–H and O–H groups in total. The molecule has 0 fully saturated rings. The summed E-state index contributed by atoms with van der Waals surface area (Å²) in [6, 6.07) is 3.18. The number of fused-ring (bicyclic) bond motifs is 1. The maximum absolute atomic E-state index is 12.5. The quantitative estimate of drug-likeness (QED) is 0.871. The lowest BCUT2D eigenvalue weighted by atomic mass is 10.1. The van der Waals surface area contributed by atoms with Gasteiger partial charge in [-0.3, -0.25) is 14.9 Å². The SMILES string of the molecule is CCOC(=O)NC(=O)c1coc2c(OCC)cc(Br)cc2c1=O. The number of imide groups is 1. The summed E-state index contributed by atoms with van der Waals surface area (Å²) >= 11 is 3.27. The van der Waals surface area contributed by atoms with E-state index in [1.165, 1.54) is 6.07 Å². The topological polar surface area (TPSA) is 94.8 Å². The number of alkyl carbamates (subject to hydrolysis) is 1. The van der Waals surface area contributed by atoms with Crippen molar-refractivity contribution in [1.29, 1.82) is 0 Å². The summed E-state index contributed by atoms with van der Waals surface area (Å²) in [4.78, 5) is 35.7. The summed E-state index contributed by atoms with van der Waals surface area (Å²) in [7, 11) is 0. The van der Waals surface area contributed by atoms with Crippen LogP contribution in [-0.4, -0.2) is 25.2 Å². The first kappa shape index (κ1) is 17.0. The van der Waals surface area contributed by atoms with E-state index in [0.717, 1.165) is 6.26 Å². The summed E-state index contributed by atoms with van der Waals surface area (Å²) in [6.07, 6.45) is 0.0663. The van der Waals surface area contributed by atoms with E-state index in [4.69, 9.17) is 9.15 Å². The highest BCUT2D eigenvalue weighted by atomic mass is 79.9. The maximum atomic E-state index is 12.5. The fourth-order valence-corrected chi connectivity index (χ4v) is 2.36. The maximum Gasteiger partial charge on any atom is 0.414 e. The normalized spacial score (nSPS) is 10.4. The van der Waals surface area contributed by atoms with Gasteiger partial charge in [0.25, 0.3) is 5.91 Å². The molecule has 0 aliphatic rings. The third kappa shape index (κ3) is 3.70. The van der Waals surface area contributed by atoms with Crippen molar-refractivity contribution in [3.05, 3.63) is 38.7 Å². The van der Waals surface area contributed by atoms with Gasteiger partial charge in [-0.15, -0.1) is 0 Å². The number of carbonyl (C=O) groups is 2. The molecule has 1 aromatic heterocycles. The zero-order valence-corrected chi connectivity index (χ0v) is 14.1. The van der Waals surface area contributed by atoms with Crippen molar-refractivity contribution >= 4 is 38.9 Å². The third-order valence-corrected chi connectivity index (χ3v) is 3.30. The monoisotopic (exact) mass is 383 g/mol. The Bertz CT molecular complexity index is 813. The van der Waals surface area contributed by atoms with Crippen LogP contribution in [0.1, 0.15) is 24.2 Å². The van der Waals surface area contributed by atoms with Gasteiger partial charge in [0, 0.05) is 4.47 Å². The number of ether oxygens (including phenoxy) is 2. The average Bonchev–Trinajstić information content (AvgIpc) is 2.48. The molecule has 1 aromatic carbocycles. The summed E-state index contributed by atoms with van der Waals surface area (Å²) < 4.78 is 16.0. The minimum absolute atomic E-state index is 0.107. The lowest BCUT2D eigenvalue weighted by molar-refractivity contribution is 0.0922. The molecular formula is C15H14BrNO6. The number of amides is 2. The molecule has 0 unspecified atom stereocenters. The number of benzene rings is 1. The zero-order chi connectivity index (χ0) is 17.0. The zero-order valence-electron chi connectivity index (χ0n) is 12.5. The van der Waals surface area contributed by atoms with E-state index in [-0.39, 0.29) is 23.1 Å². The number of nitrogens with one attached hydrogen (secondary N) is 1. The van der Waals surface area contributed by atoms with Crippen molar-refractivity contribution in [2.24, 2.45) is 0 Å². The number of hydrogen-bond acceptors (Lipinski definition) is 6. The Morgan fingerprint density at radius 3 is 2.65 bits per heavy atom. The molecule has 7 nitrogen and oxygen atoms in total. The molecule has 2 rings (SSSR count). The highest BCUT2D eigenvalue weighted by molar-refractivity contribution is 9.10. The van der Waals surface area contributed by atoms with Gasteiger partial charge in [-0.25, -0.2) is 4.79 Å². The van der Waals surface area contributed by atoms with Crippen LogP contribution in [0.25, 0.3) is 11.0 Å². The van der Waals surface area contributed by atoms with E-state index in [1.807, 2.05) is 5.32 Å². The number of rotatable bonds is 4. The molecule has 0 radical (unpaired) electrons. The lowest BCUT2D eigenvalue weighted by Crippen LogP contribution is -2.34. The van der Waals surface area contributed by atoms with Gasteiger partial charge in [-0.2, -0.15) is 0 Å². The van der Waals surface area contributed by atoms with Crippen LogP contribution in [0.15, 0.2) is 32.1 Å². The van der Waals surface area contributed by atoms with Gasteiger partial charge in [0.2, 0.25) is 5.43 Å². The van der Waals surface area contributed by atoms with Gasteiger partial charge in [0.1, 0.15) is 11.8 Å². The van der Waals surface area contributed by atoms with Crippen LogP contribution in [0.5, 0.6) is 5.75 Å².